The largest absolute Gasteiger partial charge is 0.488 e. The molecule has 1 aromatic heterocycles. The van der Waals surface area contributed by atoms with Crippen molar-refractivity contribution < 1.29 is 9.64 Å². The van der Waals surface area contributed by atoms with E-state index in [0.29, 0.717) is 0 Å². The van der Waals surface area contributed by atoms with Crippen LogP contribution in [0.25, 0.3) is 22.0 Å². The van der Waals surface area contributed by atoms with Crippen LogP contribution in [0.4, 0.5) is 0 Å². The van der Waals surface area contributed by atoms with E-state index in [1.807, 2.05) is 0 Å². The molecule has 31 heavy (non-hydrogen) atoms. The van der Waals surface area contributed by atoms with Gasteiger partial charge in [0.1, 0.15) is 18.9 Å². The SMILES string of the molecule is CC/C(=C(/c1ccc(OCC[NH+](C)C)cc1)c1c[nH]c2ccccc12)c1ccccc1. The molecule has 0 spiro atoms. The van der Waals surface area contributed by atoms with Gasteiger partial charge in [-0.2, -0.15) is 0 Å². The molecule has 1 heterocycles. The van der Waals surface area contributed by atoms with Crippen LogP contribution in [-0.2, 0) is 0 Å². The monoisotopic (exact) mass is 411 g/mol. The first kappa shape index (κ1) is 21.0. The summed E-state index contributed by atoms with van der Waals surface area (Å²) in [6.45, 7) is 3.94. The summed E-state index contributed by atoms with van der Waals surface area (Å²) in [5.74, 6) is 0.918. The Kier molecular flexibility index (Phi) is 6.54. The number of allylic oxidation sites excluding steroid dienone is 1. The van der Waals surface area contributed by atoms with Gasteiger partial charge in [-0.15, -0.1) is 0 Å². The van der Waals surface area contributed by atoms with Crippen LogP contribution in [0.2, 0.25) is 0 Å². The first-order chi connectivity index (χ1) is 15.2. The van der Waals surface area contributed by atoms with Crippen molar-refractivity contribution in [2.45, 2.75) is 13.3 Å². The Balaban J connectivity index is 1.81. The summed E-state index contributed by atoms with van der Waals surface area (Å²) in [5.41, 5.74) is 7.48. The summed E-state index contributed by atoms with van der Waals surface area (Å²) in [6.07, 6.45) is 3.09. The summed E-state index contributed by atoms with van der Waals surface area (Å²) in [4.78, 5) is 4.84. The number of quaternary nitrogens is 1. The molecular formula is C28H31N2O+. The fourth-order valence-corrected chi connectivity index (χ4v) is 4.03. The summed E-state index contributed by atoms with van der Waals surface area (Å²) in [7, 11) is 4.28. The zero-order valence-electron chi connectivity index (χ0n) is 18.6. The van der Waals surface area contributed by atoms with Gasteiger partial charge >= 0.3 is 0 Å². The topological polar surface area (TPSA) is 29.5 Å². The van der Waals surface area contributed by atoms with Crippen LogP contribution in [0.3, 0.4) is 0 Å². The van der Waals surface area contributed by atoms with Gasteiger partial charge in [0, 0.05) is 22.7 Å². The molecule has 0 atom stereocenters. The number of hydrogen-bond donors (Lipinski definition) is 2. The summed E-state index contributed by atoms with van der Waals surface area (Å²) >= 11 is 0. The highest BCUT2D eigenvalue weighted by atomic mass is 16.5. The molecule has 4 aromatic rings. The van der Waals surface area contributed by atoms with E-state index in [0.717, 1.165) is 30.8 Å². The highest BCUT2D eigenvalue weighted by Crippen LogP contribution is 2.38. The van der Waals surface area contributed by atoms with Crippen molar-refractivity contribution in [2.24, 2.45) is 0 Å². The Hall–Kier alpha value is -3.30. The third-order valence-corrected chi connectivity index (χ3v) is 5.65. The molecular weight excluding hydrogens is 380 g/mol. The van der Waals surface area contributed by atoms with Crippen LogP contribution < -0.4 is 9.64 Å². The van der Waals surface area contributed by atoms with E-state index >= 15 is 0 Å². The zero-order valence-corrected chi connectivity index (χ0v) is 18.6. The molecule has 0 aliphatic heterocycles. The van der Waals surface area contributed by atoms with Crippen molar-refractivity contribution in [3.8, 4) is 5.75 Å². The molecule has 0 aliphatic carbocycles. The standard InChI is InChI=1S/C28H30N2O/c1-4-24(21-10-6-5-7-11-21)28(26-20-29-27-13-9-8-12-25(26)27)22-14-16-23(17-15-22)31-19-18-30(2)3/h5-17,20,29H,4,18-19H2,1-3H3/p+1/b28-24+. The quantitative estimate of drug-likeness (QED) is 0.390. The Morgan fingerprint density at radius 3 is 2.26 bits per heavy atom. The predicted molar refractivity (Wildman–Crippen MR) is 131 cm³/mol. The van der Waals surface area contributed by atoms with Crippen LogP contribution in [0.1, 0.15) is 30.0 Å². The van der Waals surface area contributed by atoms with Crippen LogP contribution in [0, 0.1) is 0 Å². The molecule has 0 bridgehead atoms. The van der Waals surface area contributed by atoms with Gasteiger partial charge in [-0.25, -0.2) is 0 Å². The molecule has 3 aromatic carbocycles. The number of aromatic nitrogens is 1. The second-order valence-electron chi connectivity index (χ2n) is 8.15. The maximum Gasteiger partial charge on any atom is 0.137 e. The lowest BCUT2D eigenvalue weighted by Gasteiger charge is -2.16. The average molecular weight is 412 g/mol. The van der Waals surface area contributed by atoms with E-state index in [1.165, 1.54) is 38.1 Å². The molecule has 0 radical (unpaired) electrons. The number of hydrogen-bond acceptors (Lipinski definition) is 1. The molecule has 0 fully saturated rings. The van der Waals surface area contributed by atoms with Gasteiger partial charge in [0.25, 0.3) is 0 Å². The molecule has 0 unspecified atom stereocenters. The minimum absolute atomic E-state index is 0.719. The average Bonchev–Trinajstić information content (AvgIpc) is 3.22. The van der Waals surface area contributed by atoms with Gasteiger partial charge in [-0.1, -0.05) is 67.6 Å². The van der Waals surface area contributed by atoms with Crippen molar-refractivity contribution >= 4 is 22.0 Å². The van der Waals surface area contributed by atoms with Gasteiger partial charge in [0.15, 0.2) is 0 Å². The highest BCUT2D eigenvalue weighted by Gasteiger charge is 2.16. The normalized spacial score (nSPS) is 12.3. The van der Waals surface area contributed by atoms with Crippen molar-refractivity contribution in [3.63, 3.8) is 0 Å². The number of likely N-dealkylation sites (N-methyl/N-ethyl adjacent to an activating group) is 1. The fraction of sp³-hybridized carbons (Fsp3) is 0.214. The van der Waals surface area contributed by atoms with E-state index < -0.39 is 0 Å². The van der Waals surface area contributed by atoms with Crippen molar-refractivity contribution in [3.05, 3.63) is 102 Å². The second kappa shape index (κ2) is 9.67. The third-order valence-electron chi connectivity index (χ3n) is 5.65. The molecule has 0 saturated carbocycles. The first-order valence-corrected chi connectivity index (χ1v) is 11.0. The molecule has 0 saturated heterocycles. The lowest BCUT2D eigenvalue weighted by Crippen LogP contribution is -3.06. The number of para-hydroxylation sites is 1. The van der Waals surface area contributed by atoms with E-state index in [2.05, 4.69) is 111 Å². The Morgan fingerprint density at radius 2 is 1.55 bits per heavy atom. The number of aromatic amines is 1. The molecule has 158 valence electrons. The maximum absolute atomic E-state index is 5.94. The molecule has 3 nitrogen and oxygen atoms in total. The highest BCUT2D eigenvalue weighted by molar-refractivity contribution is 6.06. The number of ether oxygens (including phenoxy) is 1. The third kappa shape index (κ3) is 4.73. The Morgan fingerprint density at radius 1 is 0.839 bits per heavy atom. The number of nitrogens with one attached hydrogen (secondary N) is 2. The van der Waals surface area contributed by atoms with Crippen LogP contribution in [0.15, 0.2) is 85.1 Å². The molecule has 4 rings (SSSR count). The van der Waals surface area contributed by atoms with E-state index in [4.69, 9.17) is 4.74 Å². The predicted octanol–water partition coefficient (Wildman–Crippen LogP) is 5.06. The summed E-state index contributed by atoms with van der Waals surface area (Å²) in [6, 6.07) is 27.8. The Labute approximate surface area is 185 Å². The summed E-state index contributed by atoms with van der Waals surface area (Å²) < 4.78 is 5.94. The number of H-pyrrole nitrogens is 1. The second-order valence-corrected chi connectivity index (χ2v) is 8.15. The number of benzene rings is 3. The minimum Gasteiger partial charge on any atom is -0.488 e. The van der Waals surface area contributed by atoms with Gasteiger partial charge in [-0.05, 0) is 46.9 Å². The van der Waals surface area contributed by atoms with E-state index in [-0.39, 0.29) is 0 Å². The van der Waals surface area contributed by atoms with Crippen LogP contribution in [0.5, 0.6) is 5.75 Å². The lowest BCUT2D eigenvalue weighted by molar-refractivity contribution is -0.858. The van der Waals surface area contributed by atoms with Gasteiger partial charge in [-0.3, -0.25) is 0 Å². The number of fused-ring (bicyclic) bond motifs is 1. The molecule has 3 heteroatoms. The first-order valence-electron chi connectivity index (χ1n) is 11.0. The van der Waals surface area contributed by atoms with Gasteiger partial charge < -0.3 is 14.6 Å². The van der Waals surface area contributed by atoms with E-state index in [1.54, 1.807) is 0 Å². The van der Waals surface area contributed by atoms with Gasteiger partial charge in [0.05, 0.1) is 14.1 Å². The van der Waals surface area contributed by atoms with Crippen molar-refractivity contribution in [1.82, 2.24) is 4.98 Å². The van der Waals surface area contributed by atoms with Gasteiger partial charge in [0.2, 0.25) is 0 Å². The molecule has 2 N–H and O–H groups in total. The molecule has 0 amide bonds. The molecule has 0 aliphatic rings. The fourth-order valence-electron chi connectivity index (χ4n) is 4.03. The van der Waals surface area contributed by atoms with Crippen LogP contribution in [-0.4, -0.2) is 32.2 Å². The zero-order chi connectivity index (χ0) is 21.6. The maximum atomic E-state index is 5.94. The van der Waals surface area contributed by atoms with Crippen LogP contribution >= 0.6 is 0 Å². The van der Waals surface area contributed by atoms with Crippen molar-refractivity contribution in [1.29, 1.82) is 0 Å². The van der Waals surface area contributed by atoms with E-state index in [9.17, 15) is 0 Å². The number of rotatable bonds is 8. The Bertz CT molecular complexity index is 1150. The minimum atomic E-state index is 0.719. The smallest absolute Gasteiger partial charge is 0.137 e. The lowest BCUT2D eigenvalue weighted by atomic mass is 9.88. The summed E-state index contributed by atoms with van der Waals surface area (Å²) in [5, 5.41) is 1.24. The van der Waals surface area contributed by atoms with Crippen molar-refractivity contribution in [2.75, 3.05) is 27.2 Å².